The molecule has 0 aliphatic carbocycles. The van der Waals surface area contributed by atoms with Crippen molar-refractivity contribution >= 4 is 5.97 Å². The predicted molar refractivity (Wildman–Crippen MR) is 90.1 cm³/mol. The highest BCUT2D eigenvalue weighted by atomic mass is 16.5. The van der Waals surface area contributed by atoms with Crippen molar-refractivity contribution in [3.63, 3.8) is 0 Å². The van der Waals surface area contributed by atoms with Crippen LogP contribution in [0.15, 0.2) is 54.6 Å². The summed E-state index contributed by atoms with van der Waals surface area (Å²) in [5, 5.41) is 19.4. The second kappa shape index (κ2) is 9.37. The molecule has 0 aromatic heterocycles. The number of aliphatic hydroxyl groups is 2. The molecule has 0 spiro atoms. The fraction of sp³-hybridized carbons (Fsp3) is 0.421. The van der Waals surface area contributed by atoms with Crippen molar-refractivity contribution in [1.29, 1.82) is 0 Å². The van der Waals surface area contributed by atoms with E-state index < -0.39 is 12.2 Å². The Bertz CT molecular complexity index is 564. The summed E-state index contributed by atoms with van der Waals surface area (Å²) in [6.07, 6.45) is 5.17. The summed E-state index contributed by atoms with van der Waals surface area (Å²) < 4.78 is 11.0. The number of rotatable bonds is 8. The van der Waals surface area contributed by atoms with Crippen LogP contribution in [0.3, 0.4) is 0 Å². The van der Waals surface area contributed by atoms with Crippen LogP contribution in [0.4, 0.5) is 0 Å². The molecule has 1 heterocycles. The zero-order chi connectivity index (χ0) is 17.4. The molecule has 0 fully saturated rings. The van der Waals surface area contributed by atoms with E-state index in [-0.39, 0.29) is 24.6 Å². The molecule has 0 unspecified atom stereocenters. The Morgan fingerprint density at radius 3 is 2.75 bits per heavy atom. The number of hydrogen-bond donors (Lipinski definition) is 2. The molecule has 0 amide bonds. The van der Waals surface area contributed by atoms with E-state index in [2.05, 4.69) is 0 Å². The molecule has 0 saturated heterocycles. The van der Waals surface area contributed by atoms with Gasteiger partial charge in [0.1, 0.15) is 6.10 Å². The molecule has 1 aromatic carbocycles. The molecule has 24 heavy (non-hydrogen) atoms. The summed E-state index contributed by atoms with van der Waals surface area (Å²) in [5.41, 5.74) is 1.02. The Hall–Kier alpha value is -1.95. The number of cyclic esters (lactones) is 1. The van der Waals surface area contributed by atoms with E-state index in [0.29, 0.717) is 13.0 Å². The average Bonchev–Trinajstić information content (AvgIpc) is 2.58. The Morgan fingerprint density at radius 1 is 1.33 bits per heavy atom. The van der Waals surface area contributed by atoms with Crippen molar-refractivity contribution in [1.82, 2.24) is 0 Å². The van der Waals surface area contributed by atoms with Crippen LogP contribution < -0.4 is 0 Å². The first kappa shape index (κ1) is 18.4. The van der Waals surface area contributed by atoms with Crippen LogP contribution in [0.5, 0.6) is 0 Å². The molecule has 0 radical (unpaired) electrons. The summed E-state index contributed by atoms with van der Waals surface area (Å²) in [6, 6.07) is 9.71. The minimum Gasteiger partial charge on any atom is -0.455 e. The van der Waals surface area contributed by atoms with Crippen LogP contribution >= 0.6 is 0 Å². The van der Waals surface area contributed by atoms with Gasteiger partial charge in [-0.3, -0.25) is 0 Å². The van der Waals surface area contributed by atoms with E-state index in [9.17, 15) is 15.0 Å². The Balaban J connectivity index is 1.96. The zero-order valence-electron chi connectivity index (χ0n) is 13.7. The van der Waals surface area contributed by atoms with Gasteiger partial charge in [0.25, 0.3) is 0 Å². The first-order chi connectivity index (χ1) is 11.5. The second-order valence-electron chi connectivity index (χ2n) is 5.88. The molecule has 0 bridgehead atoms. The van der Waals surface area contributed by atoms with Crippen molar-refractivity contribution in [3.05, 3.63) is 60.2 Å². The maximum absolute atomic E-state index is 11.2. The van der Waals surface area contributed by atoms with E-state index in [1.54, 1.807) is 18.2 Å². The van der Waals surface area contributed by atoms with Crippen LogP contribution in [0, 0.1) is 0 Å². The number of carbonyl (C=O) groups excluding carboxylic acids is 1. The number of hydrogen-bond acceptors (Lipinski definition) is 5. The lowest BCUT2D eigenvalue weighted by Crippen LogP contribution is -2.28. The third-order valence-corrected chi connectivity index (χ3v) is 3.77. The van der Waals surface area contributed by atoms with Crippen molar-refractivity contribution in [2.75, 3.05) is 0 Å². The van der Waals surface area contributed by atoms with Gasteiger partial charge in [-0.2, -0.15) is 0 Å². The quantitative estimate of drug-likeness (QED) is 0.563. The number of ether oxygens (including phenoxy) is 2. The van der Waals surface area contributed by atoms with E-state index in [1.165, 1.54) is 13.0 Å². The minimum absolute atomic E-state index is 0.261. The summed E-state index contributed by atoms with van der Waals surface area (Å²) in [6.45, 7) is 1.93. The molecule has 130 valence electrons. The highest BCUT2D eigenvalue weighted by molar-refractivity contribution is 5.82. The van der Waals surface area contributed by atoms with Gasteiger partial charge in [-0.1, -0.05) is 42.5 Å². The maximum atomic E-state index is 11.2. The smallest absolute Gasteiger partial charge is 0.331 e. The molecular weight excluding hydrogens is 308 g/mol. The molecule has 1 aliphatic rings. The fourth-order valence-corrected chi connectivity index (χ4v) is 2.32. The maximum Gasteiger partial charge on any atom is 0.331 e. The van der Waals surface area contributed by atoms with Crippen LogP contribution in [0.25, 0.3) is 0 Å². The average molecular weight is 332 g/mol. The minimum atomic E-state index is -0.885. The molecule has 1 aliphatic heterocycles. The van der Waals surface area contributed by atoms with Crippen molar-refractivity contribution < 1.29 is 24.5 Å². The van der Waals surface area contributed by atoms with Gasteiger partial charge in [0, 0.05) is 18.9 Å². The summed E-state index contributed by atoms with van der Waals surface area (Å²) in [5.74, 6) is -0.360. The third kappa shape index (κ3) is 6.28. The standard InChI is InChI=1S/C19H24O5/c1-14(20)18(21)12-17(23-13-15-6-3-2-4-7-15)11-10-16-8-5-9-19(22)24-16/h2-7,9-11,14,16-18,20-21H,8,12-13H2,1H3/b11-10-/t14-,16+,17+,18-/m0/s1. The van der Waals surface area contributed by atoms with Crippen molar-refractivity contribution in [3.8, 4) is 0 Å². The molecule has 2 rings (SSSR count). The summed E-state index contributed by atoms with van der Waals surface area (Å²) >= 11 is 0. The lowest BCUT2D eigenvalue weighted by molar-refractivity contribution is -0.141. The summed E-state index contributed by atoms with van der Waals surface area (Å²) in [7, 11) is 0. The van der Waals surface area contributed by atoms with E-state index in [1.807, 2.05) is 30.3 Å². The van der Waals surface area contributed by atoms with E-state index in [0.717, 1.165) is 5.56 Å². The van der Waals surface area contributed by atoms with Gasteiger partial charge in [0.2, 0.25) is 0 Å². The van der Waals surface area contributed by atoms with Gasteiger partial charge in [-0.15, -0.1) is 0 Å². The van der Waals surface area contributed by atoms with Crippen molar-refractivity contribution in [2.45, 2.75) is 50.8 Å². The molecular formula is C19H24O5. The van der Waals surface area contributed by atoms with Gasteiger partial charge >= 0.3 is 5.97 Å². The van der Waals surface area contributed by atoms with Gasteiger partial charge in [0.05, 0.1) is 24.9 Å². The Labute approximate surface area is 142 Å². The van der Waals surface area contributed by atoms with Crippen LogP contribution in [0.2, 0.25) is 0 Å². The lowest BCUT2D eigenvalue weighted by Gasteiger charge is -2.21. The highest BCUT2D eigenvalue weighted by Gasteiger charge is 2.19. The van der Waals surface area contributed by atoms with Gasteiger partial charge in [-0.25, -0.2) is 4.79 Å². The molecule has 1 aromatic rings. The normalized spacial score (nSPS) is 21.5. The third-order valence-electron chi connectivity index (χ3n) is 3.77. The molecule has 5 heteroatoms. The van der Waals surface area contributed by atoms with Crippen molar-refractivity contribution in [2.24, 2.45) is 0 Å². The van der Waals surface area contributed by atoms with Crippen LogP contribution in [-0.2, 0) is 20.9 Å². The predicted octanol–water partition coefficient (Wildman–Crippen LogP) is 2.13. The van der Waals surface area contributed by atoms with E-state index in [4.69, 9.17) is 9.47 Å². The largest absolute Gasteiger partial charge is 0.455 e. The first-order valence-corrected chi connectivity index (χ1v) is 8.11. The fourth-order valence-electron chi connectivity index (χ4n) is 2.32. The Kier molecular flexibility index (Phi) is 7.18. The number of esters is 1. The molecule has 0 saturated carbocycles. The van der Waals surface area contributed by atoms with Gasteiger partial charge < -0.3 is 19.7 Å². The topological polar surface area (TPSA) is 76.0 Å². The Morgan fingerprint density at radius 2 is 2.08 bits per heavy atom. The SMILES string of the molecule is C[C@H](O)[C@@H](O)C[C@@H](/C=C\[C@H]1CC=CC(=O)O1)OCc1ccccc1. The monoisotopic (exact) mass is 332 g/mol. The van der Waals surface area contributed by atoms with E-state index >= 15 is 0 Å². The number of carbonyl (C=O) groups is 1. The lowest BCUT2D eigenvalue weighted by atomic mass is 10.1. The zero-order valence-corrected chi connectivity index (χ0v) is 13.7. The van der Waals surface area contributed by atoms with Gasteiger partial charge in [0.15, 0.2) is 0 Å². The van der Waals surface area contributed by atoms with Gasteiger partial charge in [-0.05, 0) is 18.6 Å². The second-order valence-corrected chi connectivity index (χ2v) is 5.88. The molecule has 5 nitrogen and oxygen atoms in total. The number of benzene rings is 1. The van der Waals surface area contributed by atoms with Crippen LogP contribution in [-0.4, -0.2) is 40.6 Å². The van der Waals surface area contributed by atoms with Crippen LogP contribution in [0.1, 0.15) is 25.3 Å². The molecule has 2 N–H and O–H groups in total. The first-order valence-electron chi connectivity index (χ1n) is 8.11. The highest BCUT2D eigenvalue weighted by Crippen LogP contribution is 2.14. The number of aliphatic hydroxyl groups excluding tert-OH is 2. The molecule has 4 atom stereocenters. The summed E-state index contributed by atoms with van der Waals surface area (Å²) in [4.78, 5) is 11.2.